The van der Waals surface area contributed by atoms with Gasteiger partial charge in [-0.1, -0.05) is 49.1 Å². The van der Waals surface area contributed by atoms with Crippen LogP contribution in [0.4, 0.5) is 14.9 Å². The van der Waals surface area contributed by atoms with Crippen LogP contribution in [0.1, 0.15) is 61.0 Å². The van der Waals surface area contributed by atoms with Gasteiger partial charge in [0.2, 0.25) is 0 Å². The van der Waals surface area contributed by atoms with Crippen molar-refractivity contribution in [3.05, 3.63) is 101 Å². The van der Waals surface area contributed by atoms with E-state index in [-0.39, 0.29) is 24.2 Å². The van der Waals surface area contributed by atoms with Crippen LogP contribution in [0, 0.1) is 5.82 Å². The Morgan fingerprint density at radius 3 is 2.46 bits per heavy atom. The molecule has 10 heteroatoms. The fraction of sp³-hybridized carbons (Fsp3) is 0.250. The number of aromatic nitrogens is 2. The average Bonchev–Trinajstić information content (AvgIpc) is 3.43. The molecule has 0 atom stereocenters. The van der Waals surface area contributed by atoms with E-state index in [1.54, 1.807) is 42.5 Å². The van der Waals surface area contributed by atoms with Crippen molar-refractivity contribution < 1.29 is 23.8 Å². The second kappa shape index (κ2) is 13.6. The van der Waals surface area contributed by atoms with E-state index in [0.717, 1.165) is 54.3 Å². The molecule has 6 rings (SSSR count). The first-order chi connectivity index (χ1) is 22.3. The molecule has 1 heterocycles. The van der Waals surface area contributed by atoms with Gasteiger partial charge in [0.05, 0.1) is 22.2 Å². The molecule has 4 aromatic carbocycles. The maximum absolute atomic E-state index is 15.9. The molecular weight excluding hydrogens is 607 g/mol. The monoisotopic (exact) mass is 640 g/mol. The van der Waals surface area contributed by atoms with E-state index < -0.39 is 11.8 Å². The molecule has 1 aliphatic carbocycles. The third-order valence-electron chi connectivity index (χ3n) is 8.31. The highest BCUT2D eigenvalue weighted by atomic mass is 35.5. The molecule has 0 saturated heterocycles. The van der Waals surface area contributed by atoms with Crippen LogP contribution in [-0.2, 0) is 6.61 Å². The lowest BCUT2D eigenvalue weighted by molar-refractivity contribution is 0.0697. The minimum atomic E-state index is -1.03. The number of imidazole rings is 1. The van der Waals surface area contributed by atoms with Crippen molar-refractivity contribution in [2.75, 3.05) is 11.9 Å². The van der Waals surface area contributed by atoms with Crippen molar-refractivity contribution in [2.24, 2.45) is 0 Å². The van der Waals surface area contributed by atoms with Crippen molar-refractivity contribution >= 4 is 40.3 Å². The third kappa shape index (κ3) is 6.70. The number of benzene rings is 4. The molecule has 5 aromatic rings. The van der Waals surface area contributed by atoms with E-state index in [9.17, 15) is 14.7 Å². The van der Waals surface area contributed by atoms with Gasteiger partial charge in [0.15, 0.2) is 0 Å². The number of carboxylic acids is 1. The van der Waals surface area contributed by atoms with Gasteiger partial charge in [-0.2, -0.15) is 0 Å². The summed E-state index contributed by atoms with van der Waals surface area (Å²) in [6.45, 7) is 2.44. The molecule has 0 bridgehead atoms. The van der Waals surface area contributed by atoms with E-state index in [4.69, 9.17) is 21.3 Å². The molecule has 0 spiro atoms. The summed E-state index contributed by atoms with van der Waals surface area (Å²) in [5.74, 6) is -0.720. The Balaban J connectivity index is 1.31. The fourth-order valence-electron chi connectivity index (χ4n) is 6.10. The summed E-state index contributed by atoms with van der Waals surface area (Å²) >= 11 is 6.12. The number of nitrogens with zero attached hydrogens (tertiary/aromatic N) is 2. The highest BCUT2D eigenvalue weighted by Gasteiger charge is 2.24. The number of urea groups is 1. The SMILES string of the molecule is CCNC(=O)Nc1ccc(-c2ccc(Cl)cc2)c(COc2ccc(-c3nc4cc(C(=O)O)ccc4n3C3CCCCC3)c(F)c2)c1. The molecule has 3 N–H and O–H groups in total. The van der Waals surface area contributed by atoms with Crippen molar-refractivity contribution in [3.8, 4) is 28.3 Å². The summed E-state index contributed by atoms with van der Waals surface area (Å²) in [6, 6.07) is 22.4. The number of fused-ring (bicyclic) bond motifs is 1. The van der Waals surface area contributed by atoms with Crippen molar-refractivity contribution in [2.45, 2.75) is 51.7 Å². The summed E-state index contributed by atoms with van der Waals surface area (Å²) in [4.78, 5) is 28.6. The Kier molecular flexibility index (Phi) is 9.21. The second-order valence-corrected chi connectivity index (χ2v) is 11.8. The number of carbonyl (C=O) groups is 2. The summed E-state index contributed by atoms with van der Waals surface area (Å²) in [5, 5.41) is 15.7. The highest BCUT2D eigenvalue weighted by molar-refractivity contribution is 6.30. The van der Waals surface area contributed by atoms with E-state index in [1.807, 2.05) is 37.3 Å². The number of anilines is 1. The van der Waals surface area contributed by atoms with Crippen LogP contribution in [0.3, 0.4) is 0 Å². The number of ether oxygens (including phenoxy) is 1. The van der Waals surface area contributed by atoms with E-state index in [0.29, 0.717) is 39.9 Å². The minimum Gasteiger partial charge on any atom is -0.489 e. The normalized spacial score (nSPS) is 13.5. The number of halogens is 2. The van der Waals surface area contributed by atoms with Crippen LogP contribution < -0.4 is 15.4 Å². The van der Waals surface area contributed by atoms with Crippen LogP contribution >= 0.6 is 11.6 Å². The molecule has 8 nitrogen and oxygen atoms in total. The summed E-state index contributed by atoms with van der Waals surface area (Å²) < 4.78 is 24.1. The smallest absolute Gasteiger partial charge is 0.335 e. The maximum Gasteiger partial charge on any atom is 0.335 e. The molecule has 0 unspecified atom stereocenters. The van der Waals surface area contributed by atoms with Gasteiger partial charge in [0.1, 0.15) is 24.0 Å². The molecule has 1 aliphatic rings. The molecule has 1 saturated carbocycles. The van der Waals surface area contributed by atoms with E-state index in [2.05, 4.69) is 15.2 Å². The molecule has 236 valence electrons. The number of hydrogen-bond acceptors (Lipinski definition) is 4. The molecular formula is C36H34ClFN4O4. The molecule has 1 fully saturated rings. The Labute approximate surface area is 271 Å². The lowest BCUT2D eigenvalue weighted by Gasteiger charge is -2.25. The average molecular weight is 641 g/mol. The Bertz CT molecular complexity index is 1900. The number of amides is 2. The van der Waals surface area contributed by atoms with Gasteiger partial charge in [-0.25, -0.2) is 19.0 Å². The number of rotatable bonds is 9. The molecule has 1 aromatic heterocycles. The van der Waals surface area contributed by atoms with Gasteiger partial charge in [-0.15, -0.1) is 0 Å². The standard InChI is InChI=1S/C36H34ClFN4O4/c1-2-39-36(45)40-26-13-15-29(22-8-11-25(37)12-9-22)24(18-26)21-46-28-14-16-30(31(38)20-28)34-41-32-19-23(35(43)44)10-17-33(32)42(34)27-6-4-3-5-7-27/h8-20,27H,2-7,21H2,1H3,(H,43,44)(H2,39,40,45). The topological polar surface area (TPSA) is 105 Å². The molecule has 2 amide bonds. The van der Waals surface area contributed by atoms with Gasteiger partial charge in [-0.3, -0.25) is 0 Å². The molecule has 0 radical (unpaired) electrons. The largest absolute Gasteiger partial charge is 0.489 e. The first-order valence-electron chi connectivity index (χ1n) is 15.4. The maximum atomic E-state index is 15.9. The Hall–Kier alpha value is -4.89. The number of aromatic carboxylic acids is 1. The number of carboxylic acid groups (broad SMARTS) is 1. The molecule has 0 aliphatic heterocycles. The Morgan fingerprint density at radius 2 is 1.74 bits per heavy atom. The zero-order chi connectivity index (χ0) is 32.2. The number of hydrogen-bond donors (Lipinski definition) is 3. The van der Waals surface area contributed by atoms with Crippen LogP contribution in [0.15, 0.2) is 78.9 Å². The first kappa shape index (κ1) is 31.1. The summed E-state index contributed by atoms with van der Waals surface area (Å²) in [5.41, 5.74) is 4.96. The molecule has 46 heavy (non-hydrogen) atoms. The predicted molar refractivity (Wildman–Crippen MR) is 178 cm³/mol. The van der Waals surface area contributed by atoms with Crippen molar-refractivity contribution in [1.82, 2.24) is 14.9 Å². The summed E-state index contributed by atoms with van der Waals surface area (Å²) in [7, 11) is 0. The van der Waals surface area contributed by atoms with E-state index >= 15 is 4.39 Å². The van der Waals surface area contributed by atoms with Crippen LogP contribution in [0.25, 0.3) is 33.5 Å². The second-order valence-electron chi connectivity index (χ2n) is 11.4. The van der Waals surface area contributed by atoms with Crippen molar-refractivity contribution in [3.63, 3.8) is 0 Å². The van der Waals surface area contributed by atoms with Gasteiger partial charge in [0.25, 0.3) is 0 Å². The van der Waals surface area contributed by atoms with Gasteiger partial charge < -0.3 is 25.0 Å². The zero-order valence-corrected chi connectivity index (χ0v) is 26.1. The minimum absolute atomic E-state index is 0.111. The van der Waals surface area contributed by atoms with Crippen LogP contribution in [0.2, 0.25) is 5.02 Å². The van der Waals surface area contributed by atoms with Gasteiger partial charge in [0, 0.05) is 29.4 Å². The number of nitrogens with one attached hydrogen (secondary N) is 2. The van der Waals surface area contributed by atoms with Crippen molar-refractivity contribution in [1.29, 1.82) is 0 Å². The third-order valence-corrected chi connectivity index (χ3v) is 8.56. The van der Waals surface area contributed by atoms with Crippen LogP contribution in [0.5, 0.6) is 5.75 Å². The van der Waals surface area contributed by atoms with Gasteiger partial charge >= 0.3 is 12.0 Å². The fourth-order valence-corrected chi connectivity index (χ4v) is 6.22. The lowest BCUT2D eigenvalue weighted by atomic mass is 9.94. The number of carbonyl (C=O) groups excluding carboxylic acids is 1. The highest BCUT2D eigenvalue weighted by Crippen LogP contribution is 2.38. The first-order valence-corrected chi connectivity index (χ1v) is 15.8. The zero-order valence-electron chi connectivity index (χ0n) is 25.4. The van der Waals surface area contributed by atoms with Crippen LogP contribution in [-0.4, -0.2) is 33.2 Å². The summed E-state index contributed by atoms with van der Waals surface area (Å²) in [6.07, 6.45) is 5.21. The predicted octanol–water partition coefficient (Wildman–Crippen LogP) is 9.09. The quantitative estimate of drug-likeness (QED) is 0.149. The van der Waals surface area contributed by atoms with E-state index in [1.165, 1.54) is 6.07 Å². The lowest BCUT2D eigenvalue weighted by Crippen LogP contribution is -2.28. The Morgan fingerprint density at radius 1 is 0.978 bits per heavy atom. The van der Waals surface area contributed by atoms with Gasteiger partial charge in [-0.05, 0) is 91.1 Å².